The van der Waals surface area contributed by atoms with Crippen molar-refractivity contribution in [1.29, 1.82) is 0 Å². The fourth-order valence-electron chi connectivity index (χ4n) is 2.13. The number of rotatable bonds is 2. The molecule has 0 saturated carbocycles. The molecular formula is C15H11N3Se. The van der Waals surface area contributed by atoms with Gasteiger partial charge in [-0.1, -0.05) is 0 Å². The van der Waals surface area contributed by atoms with Crippen molar-refractivity contribution in [1.82, 2.24) is 0 Å². The summed E-state index contributed by atoms with van der Waals surface area (Å²) in [6.45, 7) is 0. The molecule has 0 amide bonds. The zero-order valence-corrected chi connectivity index (χ0v) is 11.8. The third-order valence-electron chi connectivity index (χ3n) is 3.05. The molecule has 4 heteroatoms. The van der Waals surface area contributed by atoms with Crippen LogP contribution in [0.25, 0.3) is 16.5 Å². The molecule has 0 fully saturated rings. The van der Waals surface area contributed by atoms with E-state index in [2.05, 4.69) is 28.2 Å². The number of hydrogen-bond acceptors (Lipinski definition) is 1. The molecule has 0 N–H and O–H groups in total. The molecule has 0 aromatic heterocycles. The van der Waals surface area contributed by atoms with Crippen LogP contribution in [0.4, 0.5) is 0 Å². The van der Waals surface area contributed by atoms with Crippen molar-refractivity contribution in [3.63, 3.8) is 0 Å². The molecule has 0 bridgehead atoms. The first-order valence-electron chi connectivity index (χ1n) is 5.93. The second kappa shape index (κ2) is 4.94. The van der Waals surface area contributed by atoms with E-state index in [0.717, 1.165) is 5.56 Å². The molecule has 1 unspecified atom stereocenters. The van der Waals surface area contributed by atoms with Crippen LogP contribution in [0.2, 0.25) is 0 Å². The Morgan fingerprint density at radius 3 is 2.53 bits per heavy atom. The van der Waals surface area contributed by atoms with Gasteiger partial charge in [-0.2, -0.15) is 0 Å². The van der Waals surface area contributed by atoms with Crippen LogP contribution in [-0.2, 0) is 4.44 Å². The van der Waals surface area contributed by atoms with Crippen molar-refractivity contribution in [3.05, 3.63) is 82.2 Å². The van der Waals surface area contributed by atoms with Gasteiger partial charge in [0.05, 0.1) is 0 Å². The van der Waals surface area contributed by atoms with Gasteiger partial charge in [-0.3, -0.25) is 0 Å². The third kappa shape index (κ3) is 2.17. The fraction of sp³-hybridized carbons (Fsp3) is 0.0667. The van der Waals surface area contributed by atoms with Crippen molar-refractivity contribution in [2.45, 2.75) is 4.44 Å². The van der Waals surface area contributed by atoms with Crippen molar-refractivity contribution in [2.24, 2.45) is 5.11 Å². The Morgan fingerprint density at radius 1 is 1.00 bits per heavy atom. The van der Waals surface area contributed by atoms with Gasteiger partial charge in [0.25, 0.3) is 0 Å². The van der Waals surface area contributed by atoms with Crippen LogP contribution in [0.3, 0.4) is 0 Å². The Kier molecular flexibility index (Phi) is 3.14. The molecule has 0 spiro atoms. The van der Waals surface area contributed by atoms with Crippen LogP contribution in [-0.4, -0.2) is 15.0 Å². The molecular weight excluding hydrogens is 301 g/mol. The fourth-order valence-corrected chi connectivity index (χ4v) is 4.65. The normalized spacial score (nSPS) is 20.4. The van der Waals surface area contributed by atoms with Crippen molar-refractivity contribution in [2.75, 3.05) is 0 Å². The van der Waals surface area contributed by atoms with Crippen LogP contribution in [0, 0.1) is 0 Å². The van der Waals surface area contributed by atoms with Gasteiger partial charge < -0.3 is 0 Å². The van der Waals surface area contributed by atoms with Gasteiger partial charge in [-0.15, -0.1) is 0 Å². The first kappa shape index (κ1) is 12.1. The van der Waals surface area contributed by atoms with Crippen molar-refractivity contribution >= 4 is 25.5 Å². The maximum atomic E-state index is 8.93. The number of azide groups is 1. The summed E-state index contributed by atoms with van der Waals surface area (Å²) in [4.78, 5) is 3.07. The SMILES string of the molecule is [N-]=[N+]=NC1(c2ccccc2)C=Cc2ccccc2[Se]1. The monoisotopic (exact) mass is 313 g/mol. The van der Waals surface area contributed by atoms with E-state index in [1.54, 1.807) is 0 Å². The van der Waals surface area contributed by atoms with Gasteiger partial charge in [-0.05, 0) is 0 Å². The van der Waals surface area contributed by atoms with Crippen LogP contribution >= 0.6 is 0 Å². The molecule has 0 aliphatic carbocycles. The molecule has 1 aliphatic rings. The van der Waals surface area contributed by atoms with E-state index >= 15 is 0 Å². The van der Waals surface area contributed by atoms with Crippen LogP contribution in [0.1, 0.15) is 11.1 Å². The Morgan fingerprint density at radius 2 is 1.74 bits per heavy atom. The van der Waals surface area contributed by atoms with Crippen molar-refractivity contribution < 1.29 is 0 Å². The van der Waals surface area contributed by atoms with Crippen LogP contribution < -0.4 is 4.46 Å². The Balaban J connectivity index is 2.14. The van der Waals surface area contributed by atoms with E-state index in [0.29, 0.717) is 0 Å². The molecule has 0 saturated heterocycles. The van der Waals surface area contributed by atoms with Gasteiger partial charge >= 0.3 is 117 Å². The van der Waals surface area contributed by atoms with E-state index in [4.69, 9.17) is 5.53 Å². The zero-order valence-electron chi connectivity index (χ0n) is 10.1. The molecule has 0 radical (unpaired) electrons. The maximum absolute atomic E-state index is 8.93. The van der Waals surface area contributed by atoms with Gasteiger partial charge in [0.2, 0.25) is 0 Å². The number of benzene rings is 2. The van der Waals surface area contributed by atoms with Gasteiger partial charge in [0.1, 0.15) is 0 Å². The van der Waals surface area contributed by atoms with E-state index in [1.807, 2.05) is 48.5 Å². The predicted molar refractivity (Wildman–Crippen MR) is 78.1 cm³/mol. The van der Waals surface area contributed by atoms with Gasteiger partial charge in [0.15, 0.2) is 0 Å². The quantitative estimate of drug-likeness (QED) is 0.354. The average molecular weight is 312 g/mol. The summed E-state index contributed by atoms with van der Waals surface area (Å²) in [5.74, 6) is 0. The second-order valence-electron chi connectivity index (χ2n) is 4.23. The molecule has 1 atom stereocenters. The number of hydrogen-bond donors (Lipinski definition) is 0. The number of nitrogens with zero attached hydrogens (tertiary/aromatic N) is 3. The molecule has 2 aromatic rings. The minimum atomic E-state index is -0.544. The molecule has 19 heavy (non-hydrogen) atoms. The van der Waals surface area contributed by atoms with E-state index in [1.165, 1.54) is 10.0 Å². The van der Waals surface area contributed by atoms with Gasteiger partial charge in [-0.25, -0.2) is 0 Å². The second-order valence-corrected chi connectivity index (χ2v) is 6.88. The van der Waals surface area contributed by atoms with E-state index in [-0.39, 0.29) is 15.0 Å². The topological polar surface area (TPSA) is 48.8 Å². The summed E-state index contributed by atoms with van der Waals surface area (Å²) in [5.41, 5.74) is 11.2. The molecule has 2 aromatic carbocycles. The molecule has 3 nitrogen and oxygen atoms in total. The molecule has 92 valence electrons. The summed E-state index contributed by atoms with van der Waals surface area (Å²) in [5, 5.41) is 4.11. The Labute approximate surface area is 117 Å². The first-order valence-corrected chi connectivity index (χ1v) is 7.64. The van der Waals surface area contributed by atoms with Crippen molar-refractivity contribution in [3.8, 4) is 0 Å². The summed E-state index contributed by atoms with van der Waals surface area (Å²) < 4.78 is 0.728. The minimum absolute atomic E-state index is 0.0475. The summed E-state index contributed by atoms with van der Waals surface area (Å²) in [7, 11) is 0. The Hall–Kier alpha value is -1.99. The average Bonchev–Trinajstić information content (AvgIpc) is 2.48. The van der Waals surface area contributed by atoms with Crippen LogP contribution in [0.15, 0.2) is 65.8 Å². The van der Waals surface area contributed by atoms with Gasteiger partial charge in [0, 0.05) is 0 Å². The molecule has 1 aliphatic heterocycles. The zero-order chi connectivity index (χ0) is 13.1. The summed E-state index contributed by atoms with van der Waals surface area (Å²) in [6, 6.07) is 18.3. The van der Waals surface area contributed by atoms with E-state index in [9.17, 15) is 0 Å². The standard InChI is InChI=1S/C15H11N3Se/c16-18-17-15(13-7-2-1-3-8-13)11-10-12-6-4-5-9-14(12)19-15/h1-11H. The van der Waals surface area contributed by atoms with Crippen LogP contribution in [0.5, 0.6) is 0 Å². The Bertz CT molecular complexity index is 675. The summed E-state index contributed by atoms with van der Waals surface area (Å²) in [6.07, 6.45) is 4.09. The molecule has 1 heterocycles. The number of fused-ring (bicyclic) bond motifs is 1. The molecule has 3 rings (SSSR count). The summed E-state index contributed by atoms with van der Waals surface area (Å²) >= 11 is 0.0475. The first-order chi connectivity index (χ1) is 9.34. The van der Waals surface area contributed by atoms with E-state index < -0.39 is 4.44 Å². The predicted octanol–water partition coefficient (Wildman–Crippen LogP) is 3.21. The third-order valence-corrected chi connectivity index (χ3v) is 5.90.